The number of benzene rings is 3. The van der Waals surface area contributed by atoms with Crippen LogP contribution in [0.1, 0.15) is 14.9 Å². The molecule has 0 atom stereocenters. The molecule has 0 heterocycles. The number of hydrogen-bond donors (Lipinski definition) is 0. The van der Waals surface area contributed by atoms with E-state index in [1.54, 1.807) is 0 Å². The standard InChI is InChI=1S/C18H15S.2CH4.ClH/c1-4-10-16(11-5-1)19(17-12-6-2-7-13-17)18-14-8-3-9-15-18;;;/h1-15H;2*1H4;1H/q+1;;;/p-1. The predicted octanol–water partition coefficient (Wildman–Crippen LogP) is 3.06. The van der Waals surface area contributed by atoms with E-state index in [2.05, 4.69) is 91.0 Å². The normalized spacial score (nSPS) is 9.14. The van der Waals surface area contributed by atoms with E-state index < -0.39 is 0 Å². The van der Waals surface area contributed by atoms with E-state index in [9.17, 15) is 0 Å². The summed E-state index contributed by atoms with van der Waals surface area (Å²) < 4.78 is 0. The lowest BCUT2D eigenvalue weighted by atomic mass is 10.4. The maximum absolute atomic E-state index is 2.21. The molecule has 0 nitrogen and oxygen atoms in total. The fourth-order valence-electron chi connectivity index (χ4n) is 2.08. The minimum atomic E-state index is -0.0146. The van der Waals surface area contributed by atoms with Crippen LogP contribution in [0.3, 0.4) is 0 Å². The molecule has 0 N–H and O–H groups in total. The fraction of sp³-hybridized carbons (Fsp3) is 0.100. The van der Waals surface area contributed by atoms with Crippen molar-refractivity contribution in [2.75, 3.05) is 0 Å². The quantitative estimate of drug-likeness (QED) is 0.647. The summed E-state index contributed by atoms with van der Waals surface area (Å²) >= 11 is 0. The summed E-state index contributed by atoms with van der Waals surface area (Å²) in [5.74, 6) is 0. The van der Waals surface area contributed by atoms with Gasteiger partial charge in [-0.15, -0.1) is 0 Å². The zero-order valence-electron chi connectivity index (χ0n) is 10.9. The summed E-state index contributed by atoms with van der Waals surface area (Å²) in [7, 11) is -0.0146. The van der Waals surface area contributed by atoms with Crippen LogP contribution in [-0.4, -0.2) is 0 Å². The van der Waals surface area contributed by atoms with Gasteiger partial charge in [0.1, 0.15) is 0 Å². The molecule has 2 heteroatoms. The van der Waals surface area contributed by atoms with Gasteiger partial charge in [-0.1, -0.05) is 69.5 Å². The number of rotatable bonds is 3. The van der Waals surface area contributed by atoms with E-state index in [0.717, 1.165) is 0 Å². The van der Waals surface area contributed by atoms with Crippen LogP contribution in [0.4, 0.5) is 0 Å². The smallest absolute Gasteiger partial charge is 0.166 e. The molecule has 116 valence electrons. The molecule has 0 aliphatic carbocycles. The Labute approximate surface area is 144 Å². The second kappa shape index (κ2) is 10.1. The summed E-state index contributed by atoms with van der Waals surface area (Å²) in [6, 6.07) is 32.2. The Bertz CT molecular complexity index is 530. The van der Waals surface area contributed by atoms with E-state index in [-0.39, 0.29) is 38.2 Å². The fourth-order valence-corrected chi connectivity index (χ4v) is 4.18. The summed E-state index contributed by atoms with van der Waals surface area (Å²) in [6.45, 7) is 0. The van der Waals surface area contributed by atoms with Crippen LogP contribution in [0, 0.1) is 0 Å². The van der Waals surface area contributed by atoms with E-state index in [1.165, 1.54) is 14.7 Å². The van der Waals surface area contributed by atoms with Crippen molar-refractivity contribution in [3.8, 4) is 0 Å². The zero-order chi connectivity index (χ0) is 12.9. The minimum absolute atomic E-state index is 0. The Balaban J connectivity index is 0.00000147. The molecule has 3 rings (SSSR count). The largest absolute Gasteiger partial charge is 1.00 e. The predicted molar refractivity (Wildman–Crippen MR) is 95.0 cm³/mol. The van der Waals surface area contributed by atoms with Gasteiger partial charge in [-0.05, 0) is 36.4 Å². The second-order valence-electron chi connectivity index (χ2n) is 4.25. The molecule has 0 aromatic heterocycles. The van der Waals surface area contributed by atoms with Gasteiger partial charge in [0.15, 0.2) is 14.7 Å². The molecule has 0 bridgehead atoms. The SMILES string of the molecule is C.C.[Cl-].c1ccc([S+](c2ccccc2)c2ccccc2)cc1. The van der Waals surface area contributed by atoms with Gasteiger partial charge in [-0.2, -0.15) is 0 Å². The van der Waals surface area contributed by atoms with Gasteiger partial charge in [0, 0.05) is 0 Å². The van der Waals surface area contributed by atoms with Gasteiger partial charge >= 0.3 is 0 Å². The van der Waals surface area contributed by atoms with Gasteiger partial charge in [-0.25, -0.2) is 0 Å². The zero-order valence-corrected chi connectivity index (χ0v) is 12.5. The van der Waals surface area contributed by atoms with E-state index in [0.29, 0.717) is 0 Å². The Morgan fingerprint density at radius 2 is 0.636 bits per heavy atom. The molecule has 0 radical (unpaired) electrons. The highest BCUT2D eigenvalue weighted by atomic mass is 35.5. The lowest BCUT2D eigenvalue weighted by molar-refractivity contribution is -0.00000451. The molecule has 0 amide bonds. The Morgan fingerprint density at radius 1 is 0.409 bits per heavy atom. The van der Waals surface area contributed by atoms with Crippen LogP contribution in [0.5, 0.6) is 0 Å². The van der Waals surface area contributed by atoms with Crippen LogP contribution in [0.25, 0.3) is 0 Å². The maximum atomic E-state index is 2.21. The first-order valence-corrected chi connectivity index (χ1v) is 7.57. The molecule has 0 unspecified atom stereocenters. The lowest BCUT2D eigenvalue weighted by Crippen LogP contribution is -3.00. The molecule has 0 spiro atoms. The van der Waals surface area contributed by atoms with Crippen LogP contribution in [0.2, 0.25) is 0 Å². The Hall–Kier alpha value is -1.70. The minimum Gasteiger partial charge on any atom is -1.00 e. The first-order chi connectivity index (χ1) is 9.45. The first kappa shape index (κ1) is 20.3. The molecule has 0 aliphatic rings. The first-order valence-electron chi connectivity index (χ1n) is 6.34. The average molecular weight is 331 g/mol. The van der Waals surface area contributed by atoms with Gasteiger partial charge in [0.25, 0.3) is 0 Å². The molecule has 3 aromatic carbocycles. The van der Waals surface area contributed by atoms with Crippen LogP contribution >= 0.6 is 0 Å². The van der Waals surface area contributed by atoms with Gasteiger partial charge in [0.05, 0.1) is 10.9 Å². The molecule has 0 aliphatic heterocycles. The maximum Gasteiger partial charge on any atom is 0.166 e. The van der Waals surface area contributed by atoms with Crippen molar-refractivity contribution in [1.82, 2.24) is 0 Å². The molecule has 0 saturated carbocycles. The molecule has 22 heavy (non-hydrogen) atoms. The van der Waals surface area contributed by atoms with Crippen LogP contribution in [-0.2, 0) is 10.9 Å². The van der Waals surface area contributed by atoms with Crippen molar-refractivity contribution in [3.05, 3.63) is 91.0 Å². The average Bonchev–Trinajstić information content (AvgIpc) is 2.51. The number of hydrogen-bond acceptors (Lipinski definition) is 0. The van der Waals surface area contributed by atoms with Crippen LogP contribution in [0.15, 0.2) is 106 Å². The van der Waals surface area contributed by atoms with E-state index >= 15 is 0 Å². The van der Waals surface area contributed by atoms with Gasteiger partial charge in [0.2, 0.25) is 0 Å². The van der Waals surface area contributed by atoms with Gasteiger partial charge in [-0.3, -0.25) is 0 Å². The third-order valence-corrected chi connectivity index (χ3v) is 5.17. The van der Waals surface area contributed by atoms with Crippen molar-refractivity contribution >= 4 is 10.9 Å². The summed E-state index contributed by atoms with van der Waals surface area (Å²) in [6.07, 6.45) is 0. The monoisotopic (exact) mass is 330 g/mol. The third-order valence-electron chi connectivity index (χ3n) is 2.94. The Kier molecular flexibility index (Phi) is 9.32. The topological polar surface area (TPSA) is 0 Å². The van der Waals surface area contributed by atoms with E-state index in [4.69, 9.17) is 0 Å². The van der Waals surface area contributed by atoms with Crippen molar-refractivity contribution in [3.63, 3.8) is 0 Å². The van der Waals surface area contributed by atoms with Crippen molar-refractivity contribution in [2.24, 2.45) is 0 Å². The molecule has 3 aromatic rings. The highest BCUT2D eigenvalue weighted by Crippen LogP contribution is 2.30. The summed E-state index contributed by atoms with van der Waals surface area (Å²) in [4.78, 5) is 4.08. The summed E-state index contributed by atoms with van der Waals surface area (Å²) in [5, 5.41) is 0. The molecule has 0 fully saturated rings. The summed E-state index contributed by atoms with van der Waals surface area (Å²) in [5.41, 5.74) is 0. The Morgan fingerprint density at radius 3 is 0.864 bits per heavy atom. The second-order valence-corrected chi connectivity index (χ2v) is 6.27. The lowest BCUT2D eigenvalue weighted by Gasteiger charge is -2.07. The molecular formula is C20H23ClS. The van der Waals surface area contributed by atoms with Gasteiger partial charge < -0.3 is 12.4 Å². The highest BCUT2D eigenvalue weighted by Gasteiger charge is 2.27. The van der Waals surface area contributed by atoms with E-state index in [1.807, 2.05) is 0 Å². The highest BCUT2D eigenvalue weighted by molar-refractivity contribution is 7.97. The van der Waals surface area contributed by atoms with Crippen molar-refractivity contribution < 1.29 is 12.4 Å². The van der Waals surface area contributed by atoms with Crippen LogP contribution < -0.4 is 12.4 Å². The van der Waals surface area contributed by atoms with Crippen molar-refractivity contribution in [1.29, 1.82) is 0 Å². The van der Waals surface area contributed by atoms with Crippen molar-refractivity contribution in [2.45, 2.75) is 29.5 Å². The third kappa shape index (κ3) is 4.66. The molecular weight excluding hydrogens is 308 g/mol. The molecule has 0 saturated heterocycles. The number of halogens is 1.